The van der Waals surface area contributed by atoms with Crippen LogP contribution in [-0.2, 0) is 16.8 Å². The summed E-state index contributed by atoms with van der Waals surface area (Å²) in [7, 11) is 0. The number of rotatable bonds is 3. The Hall–Kier alpha value is -2.58. The fourth-order valence-electron chi connectivity index (χ4n) is 3.28. The quantitative estimate of drug-likeness (QED) is 0.725. The first kappa shape index (κ1) is 18.8. The van der Waals surface area contributed by atoms with Crippen molar-refractivity contribution in [1.29, 1.82) is 0 Å². The van der Waals surface area contributed by atoms with Crippen LogP contribution in [0, 0.1) is 5.82 Å². The third kappa shape index (κ3) is 3.22. The smallest absolute Gasteiger partial charge is 0.296 e. The number of benzene rings is 1. The summed E-state index contributed by atoms with van der Waals surface area (Å²) < 4.78 is 20.4. The maximum atomic E-state index is 13.1. The van der Waals surface area contributed by atoms with E-state index in [1.54, 1.807) is 18.3 Å². The van der Waals surface area contributed by atoms with Crippen LogP contribution in [0.5, 0.6) is 5.75 Å². The van der Waals surface area contributed by atoms with E-state index < -0.39 is 16.9 Å². The van der Waals surface area contributed by atoms with Crippen LogP contribution in [0.2, 0.25) is 0 Å². The summed E-state index contributed by atoms with van der Waals surface area (Å²) in [5, 5.41) is 11.0. The molecule has 0 amide bonds. The maximum Gasteiger partial charge on any atom is 0.296 e. The van der Waals surface area contributed by atoms with Crippen molar-refractivity contribution in [2.45, 2.75) is 38.8 Å². The van der Waals surface area contributed by atoms with Gasteiger partial charge in [-0.1, -0.05) is 12.1 Å². The molecule has 28 heavy (non-hydrogen) atoms. The number of aromatic hydroxyl groups is 1. The Morgan fingerprint density at radius 1 is 1.36 bits per heavy atom. The lowest BCUT2D eigenvalue weighted by molar-refractivity contribution is -0.0693. The first-order valence-electron chi connectivity index (χ1n) is 8.95. The standard InChI is InChI=1S/C20H20FN3O3S/c1-11-10-27-20(2,3)19-23-15(16(25)18(26)24(11)19)17-22-9-14(28-17)8-12-4-6-13(21)7-5-12/h4-7,9,11,25H,8,10H2,1-3H3. The van der Waals surface area contributed by atoms with E-state index in [1.807, 2.05) is 20.8 Å². The molecule has 0 bridgehead atoms. The van der Waals surface area contributed by atoms with Gasteiger partial charge in [-0.25, -0.2) is 14.4 Å². The van der Waals surface area contributed by atoms with E-state index in [0.717, 1.165) is 10.4 Å². The highest BCUT2D eigenvalue weighted by Gasteiger charge is 2.36. The molecule has 8 heteroatoms. The van der Waals surface area contributed by atoms with Gasteiger partial charge in [-0.15, -0.1) is 11.3 Å². The fraction of sp³-hybridized carbons (Fsp3) is 0.350. The lowest BCUT2D eigenvalue weighted by Crippen LogP contribution is -2.43. The van der Waals surface area contributed by atoms with E-state index in [4.69, 9.17) is 4.74 Å². The Morgan fingerprint density at radius 3 is 2.79 bits per heavy atom. The van der Waals surface area contributed by atoms with Crippen LogP contribution in [0.15, 0.2) is 35.3 Å². The number of fused-ring (bicyclic) bond motifs is 1. The highest BCUT2D eigenvalue weighted by Crippen LogP contribution is 2.35. The summed E-state index contributed by atoms with van der Waals surface area (Å²) in [6, 6.07) is 6.05. The van der Waals surface area contributed by atoms with E-state index >= 15 is 0 Å². The Morgan fingerprint density at radius 2 is 2.07 bits per heavy atom. The molecule has 1 aliphatic heterocycles. The van der Waals surface area contributed by atoms with Crippen molar-refractivity contribution in [1.82, 2.24) is 14.5 Å². The SMILES string of the molecule is CC1COC(C)(C)c2nc(-c3ncc(Cc4ccc(F)cc4)s3)c(O)c(=O)n21. The molecule has 6 nitrogen and oxygen atoms in total. The molecule has 1 aliphatic rings. The van der Waals surface area contributed by atoms with Crippen LogP contribution >= 0.6 is 11.3 Å². The maximum absolute atomic E-state index is 13.1. The van der Waals surface area contributed by atoms with Gasteiger partial charge in [-0.3, -0.25) is 9.36 Å². The molecule has 0 aliphatic carbocycles. The van der Waals surface area contributed by atoms with Crippen LogP contribution in [0.4, 0.5) is 4.39 Å². The van der Waals surface area contributed by atoms with Gasteiger partial charge in [0.2, 0.25) is 5.75 Å². The molecule has 3 heterocycles. The van der Waals surface area contributed by atoms with Crippen molar-refractivity contribution < 1.29 is 14.2 Å². The van der Waals surface area contributed by atoms with E-state index in [0.29, 0.717) is 23.9 Å². The summed E-state index contributed by atoms with van der Waals surface area (Å²) in [4.78, 5) is 22.6. The molecule has 0 saturated heterocycles. The van der Waals surface area contributed by atoms with Gasteiger partial charge in [0.25, 0.3) is 5.56 Å². The van der Waals surface area contributed by atoms with E-state index in [1.165, 1.54) is 28.0 Å². The molecule has 0 spiro atoms. The first-order valence-corrected chi connectivity index (χ1v) is 9.77. The monoisotopic (exact) mass is 401 g/mol. The van der Waals surface area contributed by atoms with Crippen molar-refractivity contribution in [3.8, 4) is 16.5 Å². The topological polar surface area (TPSA) is 77.2 Å². The Bertz CT molecular complexity index is 1090. The van der Waals surface area contributed by atoms with Gasteiger partial charge in [-0.05, 0) is 38.5 Å². The molecule has 4 rings (SSSR count). The van der Waals surface area contributed by atoms with E-state index in [2.05, 4.69) is 9.97 Å². The first-order chi connectivity index (χ1) is 13.3. The molecule has 3 aromatic rings. The van der Waals surface area contributed by atoms with Gasteiger partial charge in [0.05, 0.1) is 12.6 Å². The Labute approximate surface area is 165 Å². The highest BCUT2D eigenvalue weighted by atomic mass is 32.1. The van der Waals surface area contributed by atoms with Gasteiger partial charge >= 0.3 is 0 Å². The number of hydrogen-bond donors (Lipinski definition) is 1. The third-order valence-electron chi connectivity index (χ3n) is 4.80. The van der Waals surface area contributed by atoms with Crippen molar-refractivity contribution >= 4 is 11.3 Å². The van der Waals surface area contributed by atoms with Gasteiger partial charge in [0.15, 0.2) is 0 Å². The van der Waals surface area contributed by atoms with Crippen LogP contribution in [0.1, 0.15) is 43.1 Å². The zero-order chi connectivity index (χ0) is 20.1. The molecule has 2 aromatic heterocycles. The van der Waals surface area contributed by atoms with Crippen molar-refractivity contribution in [3.63, 3.8) is 0 Å². The second-order valence-corrected chi connectivity index (χ2v) is 8.53. The number of ether oxygens (including phenoxy) is 1. The number of nitrogens with zero attached hydrogens (tertiary/aromatic N) is 3. The molecular weight excluding hydrogens is 381 g/mol. The molecule has 0 radical (unpaired) electrons. The lowest BCUT2D eigenvalue weighted by Gasteiger charge is -2.36. The van der Waals surface area contributed by atoms with Crippen LogP contribution < -0.4 is 5.56 Å². The highest BCUT2D eigenvalue weighted by molar-refractivity contribution is 7.15. The normalized spacial score (nSPS) is 18.1. The predicted octanol–water partition coefficient (Wildman–Crippen LogP) is 3.63. The lowest BCUT2D eigenvalue weighted by atomic mass is 10.0. The molecule has 1 unspecified atom stereocenters. The third-order valence-corrected chi connectivity index (χ3v) is 5.81. The number of halogens is 1. The second kappa shape index (κ2) is 6.79. The van der Waals surface area contributed by atoms with Gasteiger partial charge in [0, 0.05) is 17.5 Å². The fourth-order valence-corrected chi connectivity index (χ4v) is 4.21. The zero-order valence-corrected chi connectivity index (χ0v) is 16.6. The summed E-state index contributed by atoms with van der Waals surface area (Å²) in [6.07, 6.45) is 2.26. The molecule has 0 fully saturated rings. The van der Waals surface area contributed by atoms with Crippen LogP contribution in [-0.4, -0.2) is 26.2 Å². The summed E-state index contributed by atoms with van der Waals surface area (Å²) >= 11 is 1.34. The molecule has 0 saturated carbocycles. The van der Waals surface area contributed by atoms with E-state index in [9.17, 15) is 14.3 Å². The van der Waals surface area contributed by atoms with Gasteiger partial charge < -0.3 is 9.84 Å². The van der Waals surface area contributed by atoms with Gasteiger partial charge in [-0.2, -0.15) is 0 Å². The van der Waals surface area contributed by atoms with Crippen molar-refractivity contribution in [2.24, 2.45) is 0 Å². The average Bonchev–Trinajstić information content (AvgIpc) is 3.11. The molecule has 1 aromatic carbocycles. The van der Waals surface area contributed by atoms with E-state index in [-0.39, 0.29) is 17.6 Å². The Kier molecular flexibility index (Phi) is 4.55. The molecular formula is C20H20FN3O3S. The summed E-state index contributed by atoms with van der Waals surface area (Å²) in [6.45, 7) is 5.92. The van der Waals surface area contributed by atoms with Crippen LogP contribution in [0.25, 0.3) is 10.7 Å². The minimum atomic E-state index is -0.748. The largest absolute Gasteiger partial charge is 0.501 e. The average molecular weight is 401 g/mol. The molecule has 146 valence electrons. The van der Waals surface area contributed by atoms with Crippen molar-refractivity contribution in [3.05, 3.63) is 62.9 Å². The Balaban J connectivity index is 1.74. The molecule has 1 atom stereocenters. The van der Waals surface area contributed by atoms with Gasteiger partial charge in [0.1, 0.15) is 27.9 Å². The zero-order valence-electron chi connectivity index (χ0n) is 15.8. The summed E-state index contributed by atoms with van der Waals surface area (Å²) in [5.41, 5.74) is -0.123. The minimum Gasteiger partial charge on any atom is -0.501 e. The predicted molar refractivity (Wildman–Crippen MR) is 104 cm³/mol. The number of thiazole rings is 1. The number of hydrogen-bond acceptors (Lipinski definition) is 6. The number of aromatic nitrogens is 3. The van der Waals surface area contributed by atoms with Crippen molar-refractivity contribution in [2.75, 3.05) is 6.61 Å². The second-order valence-electron chi connectivity index (χ2n) is 7.41. The minimum absolute atomic E-state index is 0.164. The summed E-state index contributed by atoms with van der Waals surface area (Å²) in [5.74, 6) is -0.216. The molecule has 1 N–H and O–H groups in total. The van der Waals surface area contributed by atoms with Crippen LogP contribution in [0.3, 0.4) is 0 Å².